The Balaban J connectivity index is 3.34. The molecule has 0 aliphatic heterocycles. The van der Waals surface area contributed by atoms with Crippen molar-refractivity contribution in [2.24, 2.45) is 5.41 Å². The minimum atomic E-state index is -1.50. The standard InChI is InChI=1S/C16H22N2O6/c1-15(2,3)24-14(21)17-12(16(4,5)13(19)20)10-8-6-7-9-11(10)18(22)23/h6-9,12H,1-5H3,(H,17,21)(H,19,20). The van der Waals surface area contributed by atoms with Gasteiger partial charge in [-0.2, -0.15) is 0 Å². The van der Waals surface area contributed by atoms with Crippen LogP contribution in [0.4, 0.5) is 10.5 Å². The fourth-order valence-electron chi connectivity index (χ4n) is 2.09. The number of benzene rings is 1. The van der Waals surface area contributed by atoms with Gasteiger partial charge in [0.1, 0.15) is 5.60 Å². The van der Waals surface area contributed by atoms with E-state index in [4.69, 9.17) is 4.74 Å². The largest absolute Gasteiger partial charge is 0.481 e. The number of aliphatic carboxylic acids is 1. The lowest BCUT2D eigenvalue weighted by molar-refractivity contribution is -0.385. The molecule has 0 spiro atoms. The summed E-state index contributed by atoms with van der Waals surface area (Å²) < 4.78 is 5.15. The molecule has 1 amide bonds. The number of hydrogen-bond acceptors (Lipinski definition) is 5. The molecule has 0 heterocycles. The molecule has 0 aromatic heterocycles. The van der Waals surface area contributed by atoms with E-state index in [-0.39, 0.29) is 11.3 Å². The second-order valence-corrected chi connectivity index (χ2v) is 6.92. The van der Waals surface area contributed by atoms with Gasteiger partial charge < -0.3 is 15.2 Å². The van der Waals surface area contributed by atoms with Crippen LogP contribution in [0.1, 0.15) is 46.2 Å². The van der Waals surface area contributed by atoms with Gasteiger partial charge in [0.25, 0.3) is 5.69 Å². The predicted molar refractivity (Wildman–Crippen MR) is 86.6 cm³/mol. The van der Waals surface area contributed by atoms with Crippen LogP contribution in [-0.4, -0.2) is 27.7 Å². The Morgan fingerprint density at radius 2 is 1.75 bits per heavy atom. The smallest absolute Gasteiger partial charge is 0.408 e. The maximum Gasteiger partial charge on any atom is 0.408 e. The number of carboxylic acid groups (broad SMARTS) is 1. The Morgan fingerprint density at radius 1 is 1.21 bits per heavy atom. The molecule has 1 aromatic rings. The van der Waals surface area contributed by atoms with Gasteiger partial charge in [-0.15, -0.1) is 0 Å². The molecule has 0 fully saturated rings. The second-order valence-electron chi connectivity index (χ2n) is 6.92. The van der Waals surface area contributed by atoms with Gasteiger partial charge in [-0.3, -0.25) is 14.9 Å². The van der Waals surface area contributed by atoms with Crippen LogP contribution in [0.2, 0.25) is 0 Å². The lowest BCUT2D eigenvalue weighted by Gasteiger charge is -2.32. The van der Waals surface area contributed by atoms with E-state index in [1.165, 1.54) is 32.0 Å². The molecule has 1 unspecified atom stereocenters. The van der Waals surface area contributed by atoms with Crippen molar-refractivity contribution in [1.82, 2.24) is 5.32 Å². The summed E-state index contributed by atoms with van der Waals surface area (Å²) >= 11 is 0. The highest BCUT2D eigenvalue weighted by Gasteiger charge is 2.42. The van der Waals surface area contributed by atoms with Crippen LogP contribution in [0.3, 0.4) is 0 Å². The molecule has 2 N–H and O–H groups in total. The molecule has 0 aliphatic rings. The molecule has 24 heavy (non-hydrogen) atoms. The highest BCUT2D eigenvalue weighted by Crippen LogP contribution is 2.38. The number of alkyl carbamates (subject to hydrolysis) is 1. The van der Waals surface area contributed by atoms with Crippen LogP contribution >= 0.6 is 0 Å². The second kappa shape index (κ2) is 6.86. The summed E-state index contributed by atoms with van der Waals surface area (Å²) in [5.74, 6) is -1.21. The van der Waals surface area contributed by atoms with E-state index in [2.05, 4.69) is 5.32 Å². The lowest BCUT2D eigenvalue weighted by atomic mass is 9.80. The third kappa shape index (κ3) is 4.68. The number of nitro groups is 1. The predicted octanol–water partition coefficient (Wildman–Crippen LogP) is 3.27. The number of amides is 1. The van der Waals surface area contributed by atoms with Crippen LogP contribution < -0.4 is 5.32 Å². The van der Waals surface area contributed by atoms with Gasteiger partial charge in [0.05, 0.1) is 21.9 Å². The number of nitrogens with zero attached hydrogens (tertiary/aromatic N) is 1. The van der Waals surface area contributed by atoms with E-state index in [9.17, 15) is 24.8 Å². The van der Waals surface area contributed by atoms with Crippen molar-refractivity contribution < 1.29 is 24.4 Å². The van der Waals surface area contributed by atoms with E-state index < -0.39 is 34.0 Å². The van der Waals surface area contributed by atoms with Crippen LogP contribution in [0, 0.1) is 15.5 Å². The van der Waals surface area contributed by atoms with Gasteiger partial charge in [-0.1, -0.05) is 18.2 Å². The topological polar surface area (TPSA) is 119 Å². The van der Waals surface area contributed by atoms with Gasteiger partial charge in [-0.25, -0.2) is 4.79 Å². The summed E-state index contributed by atoms with van der Waals surface area (Å²) in [4.78, 5) is 34.4. The van der Waals surface area contributed by atoms with E-state index in [0.717, 1.165) is 0 Å². The Labute approximate surface area is 140 Å². The fourth-order valence-corrected chi connectivity index (χ4v) is 2.09. The van der Waals surface area contributed by atoms with E-state index in [0.29, 0.717) is 0 Å². The first-order valence-corrected chi connectivity index (χ1v) is 7.32. The third-order valence-corrected chi connectivity index (χ3v) is 3.38. The summed E-state index contributed by atoms with van der Waals surface area (Å²) in [6.07, 6.45) is -0.847. The van der Waals surface area contributed by atoms with E-state index >= 15 is 0 Å². The molecular formula is C16H22N2O6. The van der Waals surface area contributed by atoms with Crippen molar-refractivity contribution >= 4 is 17.7 Å². The molecule has 1 rings (SSSR count). The number of para-hydroxylation sites is 1. The third-order valence-electron chi connectivity index (χ3n) is 3.38. The number of nitro benzene ring substituents is 1. The molecule has 0 radical (unpaired) electrons. The van der Waals surface area contributed by atoms with Gasteiger partial charge in [0, 0.05) is 6.07 Å². The Bertz CT molecular complexity index is 648. The zero-order chi connectivity index (χ0) is 18.7. The van der Waals surface area contributed by atoms with Crippen LogP contribution in [0.25, 0.3) is 0 Å². The summed E-state index contributed by atoms with van der Waals surface area (Å²) in [7, 11) is 0. The van der Waals surface area contributed by atoms with Crippen LogP contribution in [-0.2, 0) is 9.53 Å². The average molecular weight is 338 g/mol. The SMILES string of the molecule is CC(C)(C)OC(=O)NC(c1ccccc1[N+](=O)[O-])C(C)(C)C(=O)O. The molecule has 8 heteroatoms. The lowest BCUT2D eigenvalue weighted by Crippen LogP contribution is -2.44. The van der Waals surface area contributed by atoms with Crippen molar-refractivity contribution in [3.05, 3.63) is 39.9 Å². The Kier molecular flexibility index (Phi) is 5.54. The number of carboxylic acids is 1. The molecule has 0 bridgehead atoms. The van der Waals surface area contributed by atoms with Gasteiger partial charge >= 0.3 is 12.1 Å². The van der Waals surface area contributed by atoms with Crippen molar-refractivity contribution in [3.63, 3.8) is 0 Å². The molecule has 0 saturated heterocycles. The number of rotatable bonds is 5. The molecule has 8 nitrogen and oxygen atoms in total. The summed E-state index contributed by atoms with van der Waals surface area (Å²) in [5, 5.41) is 23.2. The first-order chi connectivity index (χ1) is 10.9. The van der Waals surface area contributed by atoms with Crippen LogP contribution in [0.5, 0.6) is 0 Å². The first kappa shape index (κ1) is 19.4. The van der Waals surface area contributed by atoms with E-state index in [1.807, 2.05) is 0 Å². The zero-order valence-corrected chi connectivity index (χ0v) is 14.3. The van der Waals surface area contributed by atoms with Crippen molar-refractivity contribution in [2.45, 2.75) is 46.3 Å². The Hall–Kier alpha value is -2.64. The average Bonchev–Trinajstić information content (AvgIpc) is 2.42. The molecule has 0 saturated carbocycles. The maximum absolute atomic E-state index is 12.1. The van der Waals surface area contributed by atoms with Gasteiger partial charge in [0.2, 0.25) is 0 Å². The molecule has 0 aliphatic carbocycles. The number of carbonyl (C=O) groups is 2. The van der Waals surface area contributed by atoms with Gasteiger partial charge in [0.15, 0.2) is 0 Å². The monoisotopic (exact) mass is 338 g/mol. The molecular weight excluding hydrogens is 316 g/mol. The fraction of sp³-hybridized carbons (Fsp3) is 0.500. The highest BCUT2D eigenvalue weighted by molar-refractivity contribution is 5.77. The number of ether oxygens (including phenoxy) is 1. The van der Waals surface area contributed by atoms with Crippen molar-refractivity contribution in [2.75, 3.05) is 0 Å². The number of carbonyl (C=O) groups excluding carboxylic acids is 1. The minimum Gasteiger partial charge on any atom is -0.481 e. The zero-order valence-electron chi connectivity index (χ0n) is 14.3. The van der Waals surface area contributed by atoms with Gasteiger partial charge in [-0.05, 0) is 34.6 Å². The van der Waals surface area contributed by atoms with Crippen LogP contribution in [0.15, 0.2) is 24.3 Å². The number of nitrogens with one attached hydrogen (secondary N) is 1. The molecule has 1 aromatic carbocycles. The summed E-state index contributed by atoms with van der Waals surface area (Å²) in [6.45, 7) is 7.75. The minimum absolute atomic E-state index is 0.0979. The van der Waals surface area contributed by atoms with E-state index in [1.54, 1.807) is 26.8 Å². The Morgan fingerprint density at radius 3 is 2.21 bits per heavy atom. The quantitative estimate of drug-likeness (QED) is 0.628. The normalized spacial score (nSPS) is 13.0. The summed E-state index contributed by atoms with van der Waals surface area (Å²) in [5.41, 5.74) is -2.46. The molecule has 1 atom stereocenters. The highest BCUT2D eigenvalue weighted by atomic mass is 16.6. The molecule has 132 valence electrons. The maximum atomic E-state index is 12.1. The van der Waals surface area contributed by atoms with Crippen molar-refractivity contribution in [3.8, 4) is 0 Å². The number of hydrogen-bond donors (Lipinski definition) is 2. The first-order valence-electron chi connectivity index (χ1n) is 7.32. The van der Waals surface area contributed by atoms with Crippen molar-refractivity contribution in [1.29, 1.82) is 0 Å². The summed E-state index contributed by atoms with van der Waals surface area (Å²) in [6, 6.07) is 4.55.